The molecule has 0 aliphatic rings. The minimum Gasteiger partial charge on any atom is -0.460 e. The molecule has 1 atom stereocenters. The van der Waals surface area contributed by atoms with Gasteiger partial charge in [-0.05, 0) is 29.5 Å². The SMILES string of the molecule is CCCCCC(C)(C)[C@H](NS(=O)(=O)c1ccc([N+](=O)[O-])cc1)C(=O)OCc1ccccc1. The Balaban J connectivity index is 2.25. The molecule has 8 nitrogen and oxygen atoms in total. The van der Waals surface area contributed by atoms with Crippen LogP contribution >= 0.6 is 0 Å². The van der Waals surface area contributed by atoms with Gasteiger partial charge in [0.25, 0.3) is 5.69 Å². The van der Waals surface area contributed by atoms with Gasteiger partial charge in [0, 0.05) is 12.1 Å². The van der Waals surface area contributed by atoms with Crippen molar-refractivity contribution in [1.82, 2.24) is 4.72 Å². The average Bonchev–Trinajstić information content (AvgIpc) is 2.76. The molecule has 2 aromatic carbocycles. The maximum absolute atomic E-state index is 13.0. The van der Waals surface area contributed by atoms with Gasteiger partial charge >= 0.3 is 5.97 Å². The van der Waals surface area contributed by atoms with Crippen molar-refractivity contribution >= 4 is 21.7 Å². The van der Waals surface area contributed by atoms with Gasteiger partial charge in [0.05, 0.1) is 9.82 Å². The van der Waals surface area contributed by atoms with Crippen molar-refractivity contribution in [2.45, 2.75) is 64.0 Å². The molecule has 32 heavy (non-hydrogen) atoms. The molecule has 1 N–H and O–H groups in total. The third kappa shape index (κ3) is 7.13. The third-order valence-corrected chi connectivity index (χ3v) is 6.74. The zero-order valence-electron chi connectivity index (χ0n) is 18.6. The Morgan fingerprint density at radius 1 is 1.09 bits per heavy atom. The number of carbonyl (C=O) groups is 1. The van der Waals surface area contributed by atoms with Crippen LogP contribution in [0.2, 0.25) is 0 Å². The number of sulfonamides is 1. The predicted molar refractivity (Wildman–Crippen MR) is 121 cm³/mol. The number of unbranched alkanes of at least 4 members (excludes halogenated alkanes) is 2. The second kappa shape index (κ2) is 11.2. The van der Waals surface area contributed by atoms with Crippen LogP contribution in [0.5, 0.6) is 0 Å². The molecule has 9 heteroatoms. The number of nitro groups is 1. The fourth-order valence-electron chi connectivity index (χ4n) is 3.28. The van der Waals surface area contributed by atoms with Crippen molar-refractivity contribution in [1.29, 1.82) is 0 Å². The number of nitro benzene ring substituents is 1. The number of benzene rings is 2. The first-order chi connectivity index (χ1) is 15.1. The minimum atomic E-state index is -4.12. The molecular weight excluding hydrogens is 432 g/mol. The molecule has 0 aliphatic carbocycles. The quantitative estimate of drug-likeness (QED) is 0.213. The maximum atomic E-state index is 13.0. The van der Waals surface area contributed by atoms with Crippen LogP contribution in [-0.4, -0.2) is 25.4 Å². The number of nitrogens with zero attached hydrogens (tertiary/aromatic N) is 1. The molecule has 0 fully saturated rings. The van der Waals surface area contributed by atoms with E-state index in [-0.39, 0.29) is 17.2 Å². The number of carbonyl (C=O) groups excluding carboxylic acids is 1. The molecule has 2 aromatic rings. The van der Waals surface area contributed by atoms with Crippen LogP contribution in [0.4, 0.5) is 5.69 Å². The number of hydrogen-bond acceptors (Lipinski definition) is 6. The standard InChI is InChI=1S/C23H30N2O6S/c1-4-5-9-16-23(2,3)21(22(26)31-17-18-10-7-6-8-11-18)24-32(29,30)20-14-12-19(13-15-20)25(27)28/h6-8,10-15,21,24H,4-5,9,16-17H2,1-3H3/t21-/m1/s1. The highest BCUT2D eigenvalue weighted by Gasteiger charge is 2.39. The van der Waals surface area contributed by atoms with Gasteiger partial charge in [-0.2, -0.15) is 4.72 Å². The number of hydrogen-bond donors (Lipinski definition) is 1. The summed E-state index contributed by atoms with van der Waals surface area (Å²) in [7, 11) is -4.12. The average molecular weight is 463 g/mol. The lowest BCUT2D eigenvalue weighted by molar-refractivity contribution is -0.384. The van der Waals surface area contributed by atoms with E-state index in [0.717, 1.165) is 49.1 Å². The van der Waals surface area contributed by atoms with Crippen molar-refractivity contribution in [3.8, 4) is 0 Å². The summed E-state index contributed by atoms with van der Waals surface area (Å²) < 4.78 is 33.9. The molecule has 0 aromatic heterocycles. The summed E-state index contributed by atoms with van der Waals surface area (Å²) in [6, 6.07) is 12.5. The number of rotatable bonds is 12. The highest BCUT2D eigenvalue weighted by atomic mass is 32.2. The van der Waals surface area contributed by atoms with Gasteiger partial charge < -0.3 is 4.74 Å². The molecule has 0 saturated carbocycles. The van der Waals surface area contributed by atoms with Crippen LogP contribution in [0.3, 0.4) is 0 Å². The van der Waals surface area contributed by atoms with E-state index in [2.05, 4.69) is 11.6 Å². The van der Waals surface area contributed by atoms with Crippen molar-refractivity contribution in [2.24, 2.45) is 5.41 Å². The molecule has 0 spiro atoms. The molecule has 0 bridgehead atoms. The molecule has 174 valence electrons. The second-order valence-electron chi connectivity index (χ2n) is 8.34. The van der Waals surface area contributed by atoms with E-state index in [0.29, 0.717) is 6.42 Å². The topological polar surface area (TPSA) is 116 Å². The van der Waals surface area contributed by atoms with E-state index < -0.39 is 32.4 Å². The van der Waals surface area contributed by atoms with Gasteiger partial charge in [-0.25, -0.2) is 8.42 Å². The van der Waals surface area contributed by atoms with Gasteiger partial charge in [-0.3, -0.25) is 14.9 Å². The maximum Gasteiger partial charge on any atom is 0.325 e. The first kappa shape index (κ1) is 25.5. The third-order valence-electron chi connectivity index (χ3n) is 5.30. The van der Waals surface area contributed by atoms with E-state index in [1.54, 1.807) is 0 Å². The second-order valence-corrected chi connectivity index (χ2v) is 10.1. The monoisotopic (exact) mass is 462 g/mol. The van der Waals surface area contributed by atoms with Gasteiger partial charge in [0.15, 0.2) is 0 Å². The van der Waals surface area contributed by atoms with Crippen LogP contribution < -0.4 is 4.72 Å². The molecule has 0 radical (unpaired) electrons. The summed E-state index contributed by atoms with van der Waals surface area (Å²) in [5.74, 6) is -0.666. The van der Waals surface area contributed by atoms with Crippen LogP contribution in [0, 0.1) is 15.5 Å². The Labute approximate surface area is 189 Å². The first-order valence-electron chi connectivity index (χ1n) is 10.5. The number of non-ortho nitro benzene ring substituents is 1. The lowest BCUT2D eigenvalue weighted by Crippen LogP contribution is -2.50. The zero-order chi connectivity index (χ0) is 23.8. The molecule has 0 saturated heterocycles. The van der Waals surface area contributed by atoms with E-state index in [9.17, 15) is 23.3 Å². The highest BCUT2D eigenvalue weighted by Crippen LogP contribution is 2.30. The summed E-state index contributed by atoms with van der Waals surface area (Å²) in [6.45, 7) is 5.75. The summed E-state index contributed by atoms with van der Waals surface area (Å²) in [4.78, 5) is 23.1. The summed E-state index contributed by atoms with van der Waals surface area (Å²) >= 11 is 0. The Morgan fingerprint density at radius 3 is 2.28 bits per heavy atom. The zero-order valence-corrected chi connectivity index (χ0v) is 19.4. The Hall–Kier alpha value is -2.78. The largest absolute Gasteiger partial charge is 0.460 e. The Morgan fingerprint density at radius 2 is 1.72 bits per heavy atom. The van der Waals surface area contributed by atoms with E-state index in [4.69, 9.17) is 4.74 Å². The van der Waals surface area contributed by atoms with Crippen LogP contribution in [0.1, 0.15) is 52.0 Å². The van der Waals surface area contributed by atoms with E-state index in [1.165, 1.54) is 0 Å². The number of nitrogens with one attached hydrogen (secondary N) is 1. The van der Waals surface area contributed by atoms with Gasteiger partial charge in [-0.15, -0.1) is 0 Å². The lowest BCUT2D eigenvalue weighted by atomic mass is 9.80. The Kier molecular flexibility index (Phi) is 8.91. The summed E-state index contributed by atoms with van der Waals surface area (Å²) in [5, 5.41) is 10.9. The fraction of sp³-hybridized carbons (Fsp3) is 0.435. The highest BCUT2D eigenvalue weighted by molar-refractivity contribution is 7.89. The molecule has 0 aliphatic heterocycles. The first-order valence-corrected chi connectivity index (χ1v) is 12.0. The smallest absolute Gasteiger partial charge is 0.325 e. The van der Waals surface area contributed by atoms with Gasteiger partial charge in [0.1, 0.15) is 12.6 Å². The molecule has 0 unspecified atom stereocenters. The summed E-state index contributed by atoms with van der Waals surface area (Å²) in [6.07, 6.45) is 3.41. The molecule has 0 heterocycles. The molecule has 2 rings (SSSR count). The minimum absolute atomic E-state index is 0.0282. The number of esters is 1. The normalized spacial score (nSPS) is 12.8. The predicted octanol–water partition coefficient (Wildman–Crippen LogP) is 4.59. The van der Waals surface area contributed by atoms with Gasteiger partial charge in [-0.1, -0.05) is 70.4 Å². The number of ether oxygens (including phenoxy) is 1. The molecule has 0 amide bonds. The lowest BCUT2D eigenvalue weighted by Gasteiger charge is -2.33. The van der Waals surface area contributed by atoms with Crippen molar-refractivity contribution in [3.63, 3.8) is 0 Å². The van der Waals surface area contributed by atoms with Crippen molar-refractivity contribution in [2.75, 3.05) is 0 Å². The van der Waals surface area contributed by atoms with Crippen LogP contribution in [0.25, 0.3) is 0 Å². The Bertz CT molecular complexity index is 1000. The fourth-order valence-corrected chi connectivity index (χ4v) is 4.64. The van der Waals surface area contributed by atoms with E-state index >= 15 is 0 Å². The van der Waals surface area contributed by atoms with Crippen molar-refractivity contribution in [3.05, 3.63) is 70.3 Å². The van der Waals surface area contributed by atoms with Crippen molar-refractivity contribution < 1.29 is 22.9 Å². The van der Waals surface area contributed by atoms with E-state index in [1.807, 2.05) is 44.2 Å². The summed E-state index contributed by atoms with van der Waals surface area (Å²) in [5.41, 5.74) is -0.138. The van der Waals surface area contributed by atoms with Crippen LogP contribution in [-0.2, 0) is 26.2 Å². The van der Waals surface area contributed by atoms with Gasteiger partial charge in [0.2, 0.25) is 10.0 Å². The van der Waals surface area contributed by atoms with Crippen LogP contribution in [0.15, 0.2) is 59.5 Å². The molecular formula is C23H30N2O6S.